The Hall–Kier alpha value is -2.44. The maximum Gasteiger partial charge on any atom is 0.340 e. The molecule has 0 atom stereocenters. The number of ketones is 1. The summed E-state index contributed by atoms with van der Waals surface area (Å²) in [5.74, 6) is -0.798. The summed E-state index contributed by atoms with van der Waals surface area (Å²) in [6.07, 6.45) is 6.91. The quantitative estimate of drug-likeness (QED) is 0.380. The topological polar surface area (TPSA) is 72.9 Å². The van der Waals surface area contributed by atoms with Crippen LogP contribution >= 0.6 is 0 Å². The summed E-state index contributed by atoms with van der Waals surface area (Å²) in [5, 5.41) is 0. The number of Topliss-reactive ketones (excluding diaryl/α,β-unsaturated/α-hetero) is 1. The Bertz CT molecular complexity index is 852. The molecule has 0 N–H and O–H groups in total. The number of anilines is 1. The minimum Gasteiger partial charge on any atom is -0.490 e. The molecule has 0 aromatic heterocycles. The van der Waals surface area contributed by atoms with Gasteiger partial charge in [-0.1, -0.05) is 20.3 Å². The third kappa shape index (κ3) is 6.12. The molecule has 2 fully saturated rings. The van der Waals surface area contributed by atoms with Crippen LogP contribution in [0.5, 0.6) is 5.75 Å². The summed E-state index contributed by atoms with van der Waals surface area (Å²) in [6.45, 7) is 4.53. The summed E-state index contributed by atoms with van der Waals surface area (Å²) < 4.78 is 25.6. The highest BCUT2D eigenvalue weighted by atomic mass is 19.1. The predicted molar refractivity (Wildman–Crippen MR) is 124 cm³/mol. The molecule has 2 saturated carbocycles. The van der Waals surface area contributed by atoms with Crippen molar-refractivity contribution < 1.29 is 28.2 Å². The average molecular weight is 462 g/mol. The van der Waals surface area contributed by atoms with Crippen molar-refractivity contribution in [3.8, 4) is 5.75 Å². The standard InChI is InChI=1S/C26H36FNO5/c1-4-5-14-33-24-15-21(26(31)32-3)23(16-22(24)27)28(19-10-12-20(29)13-11-19)25(30)18-8-6-17(2)7-9-18/h15-19H,4-14H2,1-3H3/t17-,18-. The van der Waals surface area contributed by atoms with Gasteiger partial charge in [0.25, 0.3) is 0 Å². The highest BCUT2D eigenvalue weighted by Crippen LogP contribution is 2.37. The fraction of sp³-hybridized carbons (Fsp3) is 0.654. The van der Waals surface area contributed by atoms with E-state index in [1.54, 1.807) is 4.90 Å². The van der Waals surface area contributed by atoms with Crippen molar-refractivity contribution in [1.29, 1.82) is 0 Å². The third-order valence-electron chi connectivity index (χ3n) is 6.95. The molecule has 2 aliphatic carbocycles. The van der Waals surface area contributed by atoms with Gasteiger partial charge in [0, 0.05) is 30.9 Å². The van der Waals surface area contributed by atoms with Gasteiger partial charge in [-0.15, -0.1) is 0 Å². The lowest BCUT2D eigenvalue weighted by Gasteiger charge is -2.38. The highest BCUT2D eigenvalue weighted by molar-refractivity contribution is 6.04. The van der Waals surface area contributed by atoms with Crippen molar-refractivity contribution in [3.63, 3.8) is 0 Å². The van der Waals surface area contributed by atoms with Gasteiger partial charge in [-0.3, -0.25) is 9.59 Å². The monoisotopic (exact) mass is 461 g/mol. The van der Waals surface area contributed by atoms with E-state index >= 15 is 4.39 Å². The molecular formula is C26H36FNO5. The summed E-state index contributed by atoms with van der Waals surface area (Å²) >= 11 is 0. The normalized spacial score (nSPS) is 21.5. The Morgan fingerprint density at radius 3 is 2.36 bits per heavy atom. The van der Waals surface area contributed by atoms with Crippen LogP contribution < -0.4 is 9.64 Å². The first-order chi connectivity index (χ1) is 15.8. The lowest BCUT2D eigenvalue weighted by molar-refractivity contribution is -0.125. The number of halogens is 1. The van der Waals surface area contributed by atoms with Crippen LogP contribution in [0.15, 0.2) is 12.1 Å². The molecule has 1 aromatic rings. The van der Waals surface area contributed by atoms with E-state index in [4.69, 9.17) is 9.47 Å². The fourth-order valence-electron chi connectivity index (χ4n) is 4.83. The van der Waals surface area contributed by atoms with Crippen LogP contribution in [0.1, 0.15) is 88.4 Å². The summed E-state index contributed by atoms with van der Waals surface area (Å²) in [6, 6.07) is 2.32. The van der Waals surface area contributed by atoms with Gasteiger partial charge < -0.3 is 14.4 Å². The number of carbonyl (C=O) groups excluding carboxylic acids is 3. The minimum atomic E-state index is -0.646. The Labute approximate surface area is 195 Å². The van der Waals surface area contributed by atoms with Crippen LogP contribution in [0.3, 0.4) is 0 Å². The van der Waals surface area contributed by atoms with Crippen LogP contribution in [0.4, 0.5) is 10.1 Å². The van der Waals surface area contributed by atoms with Crippen LogP contribution in [0.2, 0.25) is 0 Å². The first kappa shape index (κ1) is 25.2. The lowest BCUT2D eigenvalue weighted by atomic mass is 9.81. The number of ether oxygens (including phenoxy) is 2. The zero-order chi connectivity index (χ0) is 24.0. The number of carbonyl (C=O) groups is 3. The van der Waals surface area contributed by atoms with Gasteiger partial charge in [-0.25, -0.2) is 9.18 Å². The average Bonchev–Trinajstić information content (AvgIpc) is 2.81. The van der Waals surface area contributed by atoms with E-state index < -0.39 is 11.8 Å². The summed E-state index contributed by atoms with van der Waals surface area (Å²) in [5.41, 5.74) is 0.324. The molecule has 0 unspecified atom stereocenters. The van der Waals surface area contributed by atoms with Gasteiger partial charge in [-0.2, -0.15) is 0 Å². The fourth-order valence-corrected chi connectivity index (χ4v) is 4.83. The van der Waals surface area contributed by atoms with Gasteiger partial charge in [0.05, 0.1) is 25.0 Å². The molecule has 3 rings (SSSR count). The van der Waals surface area contributed by atoms with E-state index in [9.17, 15) is 14.4 Å². The molecule has 0 bridgehead atoms. The predicted octanol–water partition coefficient (Wildman–Crippen LogP) is 5.46. The molecule has 7 heteroatoms. The molecule has 0 aliphatic heterocycles. The van der Waals surface area contributed by atoms with Crippen LogP contribution in [-0.2, 0) is 14.3 Å². The molecule has 6 nitrogen and oxygen atoms in total. The van der Waals surface area contributed by atoms with Gasteiger partial charge in [-0.05, 0) is 56.9 Å². The number of rotatable bonds is 8. The number of benzene rings is 1. The van der Waals surface area contributed by atoms with Gasteiger partial charge >= 0.3 is 5.97 Å². The van der Waals surface area contributed by atoms with Crippen molar-refractivity contribution in [1.82, 2.24) is 0 Å². The number of hydrogen-bond donors (Lipinski definition) is 0. The largest absolute Gasteiger partial charge is 0.490 e. The van der Waals surface area contributed by atoms with E-state index in [1.807, 2.05) is 6.92 Å². The zero-order valence-corrected chi connectivity index (χ0v) is 20.0. The molecule has 0 radical (unpaired) electrons. The number of amides is 1. The van der Waals surface area contributed by atoms with Gasteiger partial charge in [0.1, 0.15) is 5.78 Å². The van der Waals surface area contributed by atoms with Crippen LogP contribution in [-0.4, -0.2) is 37.4 Å². The zero-order valence-electron chi connectivity index (χ0n) is 20.0. The Morgan fingerprint density at radius 1 is 1.09 bits per heavy atom. The summed E-state index contributed by atoms with van der Waals surface area (Å²) in [4.78, 5) is 40.0. The summed E-state index contributed by atoms with van der Waals surface area (Å²) in [7, 11) is 1.26. The number of hydrogen-bond acceptors (Lipinski definition) is 5. The Balaban J connectivity index is 2.01. The van der Waals surface area contributed by atoms with Crippen LogP contribution in [0.25, 0.3) is 0 Å². The molecule has 1 aromatic carbocycles. The third-order valence-corrected chi connectivity index (χ3v) is 6.95. The second kappa shape index (κ2) is 11.6. The van der Waals surface area contributed by atoms with Crippen molar-refractivity contribution >= 4 is 23.3 Å². The smallest absolute Gasteiger partial charge is 0.340 e. The van der Waals surface area contributed by atoms with E-state index in [1.165, 1.54) is 19.2 Å². The molecule has 33 heavy (non-hydrogen) atoms. The molecule has 1 amide bonds. The Kier molecular flexibility index (Phi) is 8.87. The maximum absolute atomic E-state index is 15.1. The highest BCUT2D eigenvalue weighted by Gasteiger charge is 2.37. The molecular weight excluding hydrogens is 425 g/mol. The first-order valence-corrected chi connectivity index (χ1v) is 12.2. The van der Waals surface area contributed by atoms with Gasteiger partial charge in [0.2, 0.25) is 5.91 Å². The molecule has 0 spiro atoms. The van der Waals surface area contributed by atoms with E-state index in [-0.39, 0.29) is 40.7 Å². The molecule has 0 saturated heterocycles. The van der Waals surface area contributed by atoms with Crippen molar-refractivity contribution in [3.05, 3.63) is 23.5 Å². The van der Waals surface area contributed by atoms with Crippen molar-refractivity contribution in [2.75, 3.05) is 18.6 Å². The first-order valence-electron chi connectivity index (χ1n) is 12.2. The molecule has 0 heterocycles. The minimum absolute atomic E-state index is 0.0229. The lowest BCUT2D eigenvalue weighted by Crippen LogP contribution is -2.47. The number of nitrogens with zero attached hydrogens (tertiary/aromatic N) is 1. The van der Waals surface area contributed by atoms with Gasteiger partial charge in [0.15, 0.2) is 11.6 Å². The van der Waals surface area contributed by atoms with E-state index in [0.29, 0.717) is 38.2 Å². The van der Waals surface area contributed by atoms with E-state index in [2.05, 4.69) is 6.92 Å². The maximum atomic E-state index is 15.1. The Morgan fingerprint density at radius 2 is 1.76 bits per heavy atom. The second-order valence-electron chi connectivity index (χ2n) is 9.43. The van der Waals surface area contributed by atoms with Crippen LogP contribution in [0, 0.1) is 17.7 Å². The second-order valence-corrected chi connectivity index (χ2v) is 9.43. The molecule has 2 aliphatic rings. The van der Waals surface area contributed by atoms with E-state index in [0.717, 1.165) is 38.5 Å². The SMILES string of the molecule is CCCCOc1cc(C(=O)OC)c(N(C(=O)[C@H]2CC[C@H](C)CC2)C2CCC(=O)CC2)cc1F. The number of methoxy groups -OCH3 is 1. The van der Waals surface area contributed by atoms with Crippen molar-refractivity contribution in [2.45, 2.75) is 84.1 Å². The number of esters is 1. The number of unbranched alkanes of at least 4 members (excludes halogenated alkanes) is 1. The molecule has 182 valence electrons. The van der Waals surface area contributed by atoms with Crippen molar-refractivity contribution in [2.24, 2.45) is 11.8 Å².